The van der Waals surface area contributed by atoms with Crippen molar-refractivity contribution < 1.29 is 13.3 Å². The second-order valence-corrected chi connectivity index (χ2v) is 5.68. The minimum Gasteiger partial charge on any atom is -0.360 e. The van der Waals surface area contributed by atoms with E-state index in [1.54, 1.807) is 27.5 Å². The van der Waals surface area contributed by atoms with E-state index in [1.165, 1.54) is 0 Å². The Balaban J connectivity index is 2.59. The number of nitrogens with one attached hydrogen (secondary N) is 1. The maximum Gasteiger partial charge on any atom is 0.629 e. The highest BCUT2D eigenvalue weighted by Gasteiger charge is 2.38. The van der Waals surface area contributed by atoms with Gasteiger partial charge in [-0.25, -0.2) is 0 Å². The second kappa shape index (κ2) is 6.44. The fourth-order valence-electron chi connectivity index (χ4n) is 1.23. The van der Waals surface area contributed by atoms with Gasteiger partial charge in [-0.05, 0) is 17.8 Å². The molecule has 5 heteroatoms. The van der Waals surface area contributed by atoms with Crippen molar-refractivity contribution in [2.75, 3.05) is 21.3 Å². The molecule has 1 aromatic carbocycles. The van der Waals surface area contributed by atoms with Gasteiger partial charge in [0.15, 0.2) is 0 Å². The van der Waals surface area contributed by atoms with Gasteiger partial charge in [-0.2, -0.15) is 0 Å². The highest BCUT2D eigenvalue weighted by Crippen LogP contribution is 2.03. The molecular formula is C11H17NO3Si. The molecule has 0 aromatic heterocycles. The zero-order valence-corrected chi connectivity index (χ0v) is 10.8. The Bertz CT molecular complexity index is 317. The zero-order valence-electron chi connectivity index (χ0n) is 9.77. The van der Waals surface area contributed by atoms with Crippen LogP contribution in [-0.2, 0) is 13.3 Å². The molecule has 0 aliphatic carbocycles. The molecule has 0 spiro atoms. The number of rotatable bonds is 6. The van der Waals surface area contributed by atoms with Gasteiger partial charge < -0.3 is 18.3 Å². The van der Waals surface area contributed by atoms with Gasteiger partial charge in [0.05, 0.1) is 0 Å². The van der Waals surface area contributed by atoms with Gasteiger partial charge in [-0.1, -0.05) is 30.3 Å². The van der Waals surface area contributed by atoms with Gasteiger partial charge in [-0.3, -0.25) is 0 Å². The zero-order chi connectivity index (χ0) is 11.9. The Kier molecular flexibility index (Phi) is 5.20. The van der Waals surface area contributed by atoms with Crippen molar-refractivity contribution in [3.05, 3.63) is 42.1 Å². The van der Waals surface area contributed by atoms with Crippen molar-refractivity contribution >= 4 is 15.0 Å². The first-order valence-electron chi connectivity index (χ1n) is 4.91. The van der Waals surface area contributed by atoms with Crippen LogP contribution in [0, 0.1) is 0 Å². The maximum atomic E-state index is 5.21. The summed E-state index contributed by atoms with van der Waals surface area (Å²) in [6, 6.07) is 9.95. The van der Waals surface area contributed by atoms with Gasteiger partial charge in [0.2, 0.25) is 0 Å². The Morgan fingerprint density at radius 2 is 1.56 bits per heavy atom. The molecule has 0 saturated heterocycles. The van der Waals surface area contributed by atoms with Crippen molar-refractivity contribution in [2.24, 2.45) is 0 Å². The van der Waals surface area contributed by atoms with Gasteiger partial charge in [0.25, 0.3) is 0 Å². The first kappa shape index (κ1) is 12.9. The SMILES string of the molecule is CO[Si](NC=Cc1ccccc1)(OC)OC. The molecule has 1 N–H and O–H groups in total. The number of benzene rings is 1. The molecule has 0 fully saturated rings. The van der Waals surface area contributed by atoms with E-state index in [0.29, 0.717) is 0 Å². The van der Waals surface area contributed by atoms with Crippen molar-refractivity contribution in [1.82, 2.24) is 4.98 Å². The lowest BCUT2D eigenvalue weighted by Gasteiger charge is -2.22. The van der Waals surface area contributed by atoms with Gasteiger partial charge in [-0.15, -0.1) is 0 Å². The lowest BCUT2D eigenvalue weighted by Crippen LogP contribution is -2.54. The van der Waals surface area contributed by atoms with Gasteiger partial charge >= 0.3 is 8.97 Å². The smallest absolute Gasteiger partial charge is 0.360 e. The first-order valence-corrected chi connectivity index (χ1v) is 6.63. The number of hydrogen-bond donors (Lipinski definition) is 1. The van der Waals surface area contributed by atoms with E-state index in [2.05, 4.69) is 4.98 Å². The summed E-state index contributed by atoms with van der Waals surface area (Å²) in [4.78, 5) is 3.02. The van der Waals surface area contributed by atoms with E-state index in [9.17, 15) is 0 Å². The summed E-state index contributed by atoms with van der Waals surface area (Å²) in [5.41, 5.74) is 1.10. The molecule has 1 rings (SSSR count). The van der Waals surface area contributed by atoms with Crippen molar-refractivity contribution in [3.63, 3.8) is 0 Å². The predicted octanol–water partition coefficient (Wildman–Crippen LogP) is 1.62. The molecule has 0 atom stereocenters. The molecule has 0 unspecified atom stereocenters. The molecule has 4 nitrogen and oxygen atoms in total. The summed E-state index contributed by atoms with van der Waals surface area (Å²) >= 11 is 0. The highest BCUT2D eigenvalue weighted by molar-refractivity contribution is 6.58. The van der Waals surface area contributed by atoms with Crippen LogP contribution in [0.1, 0.15) is 5.56 Å². The van der Waals surface area contributed by atoms with Crippen LogP contribution in [0.15, 0.2) is 36.5 Å². The van der Waals surface area contributed by atoms with E-state index in [4.69, 9.17) is 13.3 Å². The van der Waals surface area contributed by atoms with Crippen LogP contribution in [0.2, 0.25) is 0 Å². The minimum absolute atomic E-state index is 1.10. The van der Waals surface area contributed by atoms with Crippen LogP contribution in [0.3, 0.4) is 0 Å². The van der Waals surface area contributed by atoms with E-state index in [1.807, 2.05) is 36.4 Å². The Hall–Kier alpha value is -1.14. The summed E-state index contributed by atoms with van der Waals surface area (Å²) in [6.07, 6.45) is 3.71. The molecule has 0 radical (unpaired) electrons. The molecule has 0 aliphatic rings. The molecular weight excluding hydrogens is 222 g/mol. The molecule has 0 saturated carbocycles. The monoisotopic (exact) mass is 239 g/mol. The fraction of sp³-hybridized carbons (Fsp3) is 0.273. The van der Waals surface area contributed by atoms with Crippen LogP contribution < -0.4 is 4.98 Å². The van der Waals surface area contributed by atoms with E-state index in [0.717, 1.165) is 5.56 Å². The quantitative estimate of drug-likeness (QED) is 0.766. The standard InChI is InChI=1S/C11H17NO3Si/c1-13-16(14-2,15-3)12-10-9-11-7-5-4-6-8-11/h4-10,12H,1-3H3. The normalized spacial score (nSPS) is 11.9. The average molecular weight is 239 g/mol. The van der Waals surface area contributed by atoms with Crippen LogP contribution >= 0.6 is 0 Å². The third kappa shape index (κ3) is 3.46. The first-order chi connectivity index (χ1) is 7.76. The minimum atomic E-state index is -2.71. The Morgan fingerprint density at radius 1 is 1.00 bits per heavy atom. The summed E-state index contributed by atoms with van der Waals surface area (Å²) in [5, 5.41) is 0. The van der Waals surface area contributed by atoms with Crippen molar-refractivity contribution in [3.8, 4) is 0 Å². The molecule has 88 valence electrons. The molecule has 1 aromatic rings. The average Bonchev–Trinajstić information content (AvgIpc) is 2.37. The predicted molar refractivity (Wildman–Crippen MR) is 65.4 cm³/mol. The Labute approximate surface area is 97.3 Å². The molecule has 0 bridgehead atoms. The highest BCUT2D eigenvalue weighted by atomic mass is 28.4. The van der Waals surface area contributed by atoms with Gasteiger partial charge in [0.1, 0.15) is 0 Å². The molecule has 0 heterocycles. The van der Waals surface area contributed by atoms with Crippen LogP contribution in [0.4, 0.5) is 0 Å². The lowest BCUT2D eigenvalue weighted by molar-refractivity contribution is 0.115. The summed E-state index contributed by atoms with van der Waals surface area (Å²) in [5.74, 6) is 0. The Morgan fingerprint density at radius 3 is 2.06 bits per heavy atom. The lowest BCUT2D eigenvalue weighted by atomic mass is 10.2. The van der Waals surface area contributed by atoms with Crippen LogP contribution in [0.5, 0.6) is 0 Å². The van der Waals surface area contributed by atoms with Crippen molar-refractivity contribution in [1.29, 1.82) is 0 Å². The third-order valence-electron chi connectivity index (χ3n) is 2.14. The van der Waals surface area contributed by atoms with Gasteiger partial charge in [0, 0.05) is 21.3 Å². The van der Waals surface area contributed by atoms with E-state index in [-0.39, 0.29) is 0 Å². The summed E-state index contributed by atoms with van der Waals surface area (Å²) in [6.45, 7) is 0. The maximum absolute atomic E-state index is 5.21. The largest absolute Gasteiger partial charge is 0.629 e. The van der Waals surface area contributed by atoms with Crippen LogP contribution in [0.25, 0.3) is 6.08 Å². The number of hydrogen-bond acceptors (Lipinski definition) is 4. The van der Waals surface area contributed by atoms with E-state index >= 15 is 0 Å². The van der Waals surface area contributed by atoms with Crippen molar-refractivity contribution in [2.45, 2.75) is 0 Å². The molecule has 0 aliphatic heterocycles. The van der Waals surface area contributed by atoms with E-state index < -0.39 is 8.97 Å². The molecule has 0 amide bonds. The van der Waals surface area contributed by atoms with Crippen LogP contribution in [-0.4, -0.2) is 30.3 Å². The second-order valence-electron chi connectivity index (χ2n) is 3.06. The summed E-state index contributed by atoms with van der Waals surface area (Å²) < 4.78 is 15.6. The molecule has 16 heavy (non-hydrogen) atoms. The third-order valence-corrected chi connectivity index (χ3v) is 4.27. The topological polar surface area (TPSA) is 39.7 Å². The fourth-order valence-corrected chi connectivity index (χ4v) is 2.37. The summed E-state index contributed by atoms with van der Waals surface area (Å²) in [7, 11) is 1.97.